The highest BCUT2D eigenvalue weighted by molar-refractivity contribution is 6.42. The number of benzene rings is 2. The molecule has 0 spiro atoms. The summed E-state index contributed by atoms with van der Waals surface area (Å²) in [6.07, 6.45) is 0. The third-order valence-corrected chi connectivity index (χ3v) is 4.73. The molecule has 0 fully saturated rings. The van der Waals surface area contributed by atoms with Gasteiger partial charge in [-0.1, -0.05) is 47.5 Å². The molecule has 0 saturated heterocycles. The summed E-state index contributed by atoms with van der Waals surface area (Å²) in [5.41, 5.74) is 1.91. The summed E-state index contributed by atoms with van der Waals surface area (Å²) in [6, 6.07) is 12.9. The van der Waals surface area contributed by atoms with Crippen molar-refractivity contribution < 1.29 is 9.53 Å². The van der Waals surface area contributed by atoms with Gasteiger partial charge in [-0.05, 0) is 37.6 Å². The van der Waals surface area contributed by atoms with Crippen LogP contribution in [0.3, 0.4) is 0 Å². The summed E-state index contributed by atoms with van der Waals surface area (Å²) >= 11 is 11.9. The smallest absolute Gasteiger partial charge is 0.234 e. The highest BCUT2D eigenvalue weighted by Crippen LogP contribution is 2.26. The molecule has 6 heteroatoms. The van der Waals surface area contributed by atoms with E-state index in [1.165, 1.54) is 0 Å². The molecule has 4 nitrogen and oxygen atoms in total. The minimum absolute atomic E-state index is 0.0119. The van der Waals surface area contributed by atoms with Crippen molar-refractivity contribution in [1.29, 1.82) is 0 Å². The Kier molecular flexibility index (Phi) is 7.12. The molecule has 0 aliphatic rings. The van der Waals surface area contributed by atoms with Crippen LogP contribution in [0, 0.1) is 0 Å². The van der Waals surface area contributed by atoms with Gasteiger partial charge in [0, 0.05) is 11.6 Å². The van der Waals surface area contributed by atoms with Gasteiger partial charge in [0.15, 0.2) is 0 Å². The van der Waals surface area contributed by atoms with Crippen LogP contribution in [-0.2, 0) is 4.79 Å². The molecule has 2 N–H and O–H groups in total. The van der Waals surface area contributed by atoms with Gasteiger partial charge in [-0.2, -0.15) is 0 Å². The molecule has 0 aliphatic heterocycles. The number of methoxy groups -OCH3 is 1. The zero-order valence-electron chi connectivity index (χ0n) is 14.5. The van der Waals surface area contributed by atoms with E-state index in [-0.39, 0.29) is 24.5 Å². The molecule has 2 atom stereocenters. The summed E-state index contributed by atoms with van der Waals surface area (Å²) in [5, 5.41) is 7.13. The van der Waals surface area contributed by atoms with E-state index in [1.54, 1.807) is 19.2 Å². The van der Waals surface area contributed by atoms with Gasteiger partial charge in [0.1, 0.15) is 5.75 Å². The van der Waals surface area contributed by atoms with Crippen LogP contribution in [0.5, 0.6) is 5.75 Å². The summed E-state index contributed by atoms with van der Waals surface area (Å²) in [5.74, 6) is 0.701. The van der Waals surface area contributed by atoms with Crippen LogP contribution in [0.1, 0.15) is 37.1 Å². The van der Waals surface area contributed by atoms with Gasteiger partial charge in [-0.25, -0.2) is 0 Å². The number of hydrogen-bond acceptors (Lipinski definition) is 3. The maximum atomic E-state index is 12.2. The second-order valence-electron chi connectivity index (χ2n) is 5.81. The predicted molar refractivity (Wildman–Crippen MR) is 102 cm³/mol. The number of amides is 1. The minimum atomic E-state index is -0.161. The number of carbonyl (C=O) groups excluding carboxylic acids is 1. The lowest BCUT2D eigenvalue weighted by Gasteiger charge is -2.19. The van der Waals surface area contributed by atoms with Crippen LogP contribution in [0.25, 0.3) is 0 Å². The van der Waals surface area contributed by atoms with Crippen LogP contribution in [0.15, 0.2) is 42.5 Å². The molecule has 25 heavy (non-hydrogen) atoms. The highest BCUT2D eigenvalue weighted by atomic mass is 35.5. The number of para-hydroxylation sites is 1. The molecular weight excluding hydrogens is 359 g/mol. The molecule has 2 aromatic rings. The Morgan fingerprint density at radius 2 is 1.80 bits per heavy atom. The van der Waals surface area contributed by atoms with Gasteiger partial charge in [-0.3, -0.25) is 4.79 Å². The highest BCUT2D eigenvalue weighted by Gasteiger charge is 2.14. The molecule has 0 heterocycles. The first-order valence-corrected chi connectivity index (χ1v) is 8.78. The zero-order chi connectivity index (χ0) is 18.4. The van der Waals surface area contributed by atoms with Gasteiger partial charge in [-0.15, -0.1) is 0 Å². The first-order chi connectivity index (χ1) is 11.9. The molecule has 0 aliphatic carbocycles. The Morgan fingerprint density at radius 3 is 2.48 bits per heavy atom. The van der Waals surface area contributed by atoms with Crippen molar-refractivity contribution >= 4 is 29.1 Å². The minimum Gasteiger partial charge on any atom is -0.496 e. The Bertz CT molecular complexity index is 737. The molecule has 2 rings (SSSR count). The largest absolute Gasteiger partial charge is 0.496 e. The number of nitrogens with one attached hydrogen (secondary N) is 2. The lowest BCUT2D eigenvalue weighted by molar-refractivity contribution is -0.121. The number of carbonyl (C=O) groups is 1. The molecule has 0 bridgehead atoms. The van der Waals surface area contributed by atoms with Crippen molar-refractivity contribution in [3.05, 3.63) is 63.6 Å². The zero-order valence-corrected chi connectivity index (χ0v) is 16.0. The van der Waals surface area contributed by atoms with Gasteiger partial charge in [0.2, 0.25) is 5.91 Å². The van der Waals surface area contributed by atoms with Crippen LogP contribution >= 0.6 is 23.2 Å². The van der Waals surface area contributed by atoms with E-state index >= 15 is 0 Å². The van der Waals surface area contributed by atoms with Crippen molar-refractivity contribution in [2.24, 2.45) is 0 Å². The van der Waals surface area contributed by atoms with E-state index < -0.39 is 0 Å². The fraction of sp³-hybridized carbons (Fsp3) is 0.316. The standard InChI is InChI=1S/C19H22Cl2N2O2/c1-12(14-8-9-16(20)17(21)10-14)23-19(24)11-22-13(2)15-6-4-5-7-18(15)25-3/h4-10,12-13,22H,11H2,1-3H3,(H,23,24)/t12-,13-/m0/s1. The quantitative estimate of drug-likeness (QED) is 0.741. The molecular formula is C19H22Cl2N2O2. The van der Waals surface area contributed by atoms with Crippen molar-refractivity contribution in [3.8, 4) is 5.75 Å². The molecule has 0 radical (unpaired) electrons. The number of hydrogen-bond donors (Lipinski definition) is 2. The van der Waals surface area contributed by atoms with Gasteiger partial charge in [0.25, 0.3) is 0 Å². The Hall–Kier alpha value is -1.75. The predicted octanol–water partition coefficient (Wildman–Crippen LogP) is 4.53. The van der Waals surface area contributed by atoms with Crippen molar-refractivity contribution in [2.75, 3.05) is 13.7 Å². The van der Waals surface area contributed by atoms with E-state index in [9.17, 15) is 4.79 Å². The molecule has 0 saturated carbocycles. The Balaban J connectivity index is 1.90. The lowest BCUT2D eigenvalue weighted by atomic mass is 10.1. The average molecular weight is 381 g/mol. The van der Waals surface area contributed by atoms with E-state index in [0.29, 0.717) is 10.0 Å². The fourth-order valence-electron chi connectivity index (χ4n) is 2.54. The van der Waals surface area contributed by atoms with Crippen LogP contribution < -0.4 is 15.4 Å². The van der Waals surface area contributed by atoms with E-state index in [2.05, 4.69) is 10.6 Å². The number of rotatable bonds is 7. The molecule has 0 unspecified atom stereocenters. The topological polar surface area (TPSA) is 50.4 Å². The Morgan fingerprint density at radius 1 is 1.08 bits per heavy atom. The monoisotopic (exact) mass is 380 g/mol. The maximum Gasteiger partial charge on any atom is 0.234 e. The van der Waals surface area contributed by atoms with Crippen LogP contribution in [0.2, 0.25) is 10.0 Å². The average Bonchev–Trinajstić information content (AvgIpc) is 2.61. The molecule has 2 aromatic carbocycles. The summed E-state index contributed by atoms with van der Waals surface area (Å²) in [4.78, 5) is 12.2. The second kappa shape index (κ2) is 9.09. The fourth-order valence-corrected chi connectivity index (χ4v) is 2.84. The van der Waals surface area contributed by atoms with E-state index in [4.69, 9.17) is 27.9 Å². The number of halogens is 2. The van der Waals surface area contributed by atoms with Crippen molar-refractivity contribution in [1.82, 2.24) is 10.6 Å². The van der Waals surface area contributed by atoms with Gasteiger partial charge < -0.3 is 15.4 Å². The SMILES string of the molecule is COc1ccccc1[C@H](C)NCC(=O)N[C@@H](C)c1ccc(Cl)c(Cl)c1. The lowest BCUT2D eigenvalue weighted by Crippen LogP contribution is -2.36. The third kappa shape index (κ3) is 5.36. The van der Waals surface area contributed by atoms with Gasteiger partial charge >= 0.3 is 0 Å². The van der Waals surface area contributed by atoms with Crippen LogP contribution in [0.4, 0.5) is 0 Å². The van der Waals surface area contributed by atoms with Gasteiger partial charge in [0.05, 0.1) is 29.7 Å². The van der Waals surface area contributed by atoms with Crippen molar-refractivity contribution in [2.45, 2.75) is 25.9 Å². The van der Waals surface area contributed by atoms with E-state index in [1.807, 2.05) is 44.2 Å². The second-order valence-corrected chi connectivity index (χ2v) is 6.62. The van der Waals surface area contributed by atoms with Crippen molar-refractivity contribution in [3.63, 3.8) is 0 Å². The summed E-state index contributed by atoms with van der Waals surface area (Å²) in [6.45, 7) is 4.10. The number of ether oxygens (including phenoxy) is 1. The first-order valence-electron chi connectivity index (χ1n) is 8.03. The summed E-state index contributed by atoms with van der Waals surface area (Å²) in [7, 11) is 1.64. The third-order valence-electron chi connectivity index (χ3n) is 4.00. The van der Waals surface area contributed by atoms with E-state index in [0.717, 1.165) is 16.9 Å². The normalized spacial score (nSPS) is 13.2. The molecule has 0 aromatic heterocycles. The summed E-state index contributed by atoms with van der Waals surface area (Å²) < 4.78 is 5.35. The molecule has 134 valence electrons. The molecule has 1 amide bonds. The Labute approximate surface area is 158 Å². The first kappa shape index (κ1) is 19.6. The van der Waals surface area contributed by atoms with Crippen LogP contribution in [-0.4, -0.2) is 19.6 Å². The maximum absolute atomic E-state index is 12.2.